The molecule has 1 amide bonds. The zero-order chi connectivity index (χ0) is 23.4. The summed E-state index contributed by atoms with van der Waals surface area (Å²) >= 11 is 1.30. The molecule has 0 atom stereocenters. The third kappa shape index (κ3) is 5.05. The Morgan fingerprint density at radius 3 is 2.18 bits per heavy atom. The first-order chi connectivity index (χ1) is 15.9. The minimum atomic E-state index is -3.51. The molecule has 0 radical (unpaired) electrons. The van der Waals surface area contributed by atoms with Gasteiger partial charge in [-0.05, 0) is 24.3 Å². The lowest BCUT2D eigenvalue weighted by molar-refractivity contribution is -0.113. The van der Waals surface area contributed by atoms with Gasteiger partial charge in [-0.2, -0.15) is 0 Å². The fourth-order valence-electron chi connectivity index (χ4n) is 3.25. The van der Waals surface area contributed by atoms with Crippen LogP contribution in [0, 0.1) is 0 Å². The van der Waals surface area contributed by atoms with Gasteiger partial charge in [0.05, 0.1) is 10.6 Å². The summed E-state index contributed by atoms with van der Waals surface area (Å²) in [6.07, 6.45) is 0. The highest BCUT2D eigenvalue weighted by molar-refractivity contribution is 8.00. The molecule has 0 fully saturated rings. The van der Waals surface area contributed by atoms with E-state index in [2.05, 4.69) is 15.5 Å². The number of hydrogen-bond acceptors (Lipinski definition) is 6. The standard InChI is InChI=1S/C24H22N4O3S2/c1-28(2)33(30,31)19-14-12-18(13-15-19)25-22(29)16-32-24-21-11-7-6-10-20(21)23(26-27-24)17-8-4-3-5-9-17/h3-15H,16H2,1-2H3,(H,25,29). The van der Waals surface area contributed by atoms with Gasteiger partial charge in [-0.1, -0.05) is 66.4 Å². The molecule has 0 spiro atoms. The Kier molecular flexibility index (Phi) is 6.73. The van der Waals surface area contributed by atoms with E-state index in [-0.39, 0.29) is 16.6 Å². The van der Waals surface area contributed by atoms with E-state index in [1.807, 2.05) is 54.6 Å². The number of amides is 1. The average Bonchev–Trinajstić information content (AvgIpc) is 2.83. The van der Waals surface area contributed by atoms with Crippen molar-refractivity contribution in [3.63, 3.8) is 0 Å². The fraction of sp³-hybridized carbons (Fsp3) is 0.125. The summed E-state index contributed by atoms with van der Waals surface area (Å²) in [5.41, 5.74) is 2.30. The van der Waals surface area contributed by atoms with E-state index in [0.717, 1.165) is 26.3 Å². The predicted molar refractivity (Wildman–Crippen MR) is 132 cm³/mol. The van der Waals surface area contributed by atoms with Crippen molar-refractivity contribution in [2.45, 2.75) is 9.92 Å². The highest BCUT2D eigenvalue weighted by atomic mass is 32.2. The molecule has 7 nitrogen and oxygen atoms in total. The molecule has 0 aliphatic carbocycles. The van der Waals surface area contributed by atoms with Crippen molar-refractivity contribution in [1.82, 2.24) is 14.5 Å². The number of fused-ring (bicyclic) bond motifs is 1. The van der Waals surface area contributed by atoms with Crippen LogP contribution in [0.25, 0.3) is 22.0 Å². The van der Waals surface area contributed by atoms with E-state index in [9.17, 15) is 13.2 Å². The second-order valence-corrected chi connectivity index (χ2v) is 10.5. The zero-order valence-corrected chi connectivity index (χ0v) is 19.7. The summed E-state index contributed by atoms with van der Waals surface area (Å²) in [5, 5.41) is 14.2. The first-order valence-electron chi connectivity index (χ1n) is 10.1. The number of aromatic nitrogens is 2. The van der Waals surface area contributed by atoms with Crippen molar-refractivity contribution in [2.75, 3.05) is 25.2 Å². The second-order valence-electron chi connectivity index (χ2n) is 7.41. The van der Waals surface area contributed by atoms with Gasteiger partial charge in [-0.15, -0.1) is 10.2 Å². The smallest absolute Gasteiger partial charge is 0.242 e. The number of thioether (sulfide) groups is 1. The van der Waals surface area contributed by atoms with Crippen molar-refractivity contribution < 1.29 is 13.2 Å². The van der Waals surface area contributed by atoms with Crippen molar-refractivity contribution in [2.24, 2.45) is 0 Å². The highest BCUT2D eigenvalue weighted by Crippen LogP contribution is 2.31. The first-order valence-corrected chi connectivity index (χ1v) is 12.5. The van der Waals surface area contributed by atoms with Crippen molar-refractivity contribution in [1.29, 1.82) is 0 Å². The van der Waals surface area contributed by atoms with Crippen molar-refractivity contribution in [3.8, 4) is 11.3 Å². The number of anilines is 1. The summed E-state index contributed by atoms with van der Waals surface area (Å²) in [4.78, 5) is 12.7. The van der Waals surface area contributed by atoms with E-state index < -0.39 is 10.0 Å². The predicted octanol–water partition coefficient (Wildman–Crippen LogP) is 4.28. The van der Waals surface area contributed by atoms with Crippen LogP contribution < -0.4 is 5.32 Å². The molecular weight excluding hydrogens is 456 g/mol. The minimum Gasteiger partial charge on any atom is -0.325 e. The molecule has 0 saturated carbocycles. The van der Waals surface area contributed by atoms with Crippen LogP contribution in [0.1, 0.15) is 0 Å². The minimum absolute atomic E-state index is 0.140. The van der Waals surface area contributed by atoms with Gasteiger partial charge in [0.25, 0.3) is 0 Å². The Bertz CT molecular complexity index is 1390. The Balaban J connectivity index is 1.47. The molecule has 33 heavy (non-hydrogen) atoms. The number of benzene rings is 3. The average molecular weight is 479 g/mol. The highest BCUT2D eigenvalue weighted by Gasteiger charge is 2.17. The largest absolute Gasteiger partial charge is 0.325 e. The molecule has 0 bridgehead atoms. The molecular formula is C24H22N4O3S2. The normalized spacial score (nSPS) is 11.6. The van der Waals surface area contributed by atoms with Crippen LogP contribution in [0.5, 0.6) is 0 Å². The first kappa shape index (κ1) is 22.9. The second kappa shape index (κ2) is 9.70. The zero-order valence-electron chi connectivity index (χ0n) is 18.1. The Labute approximate surface area is 196 Å². The van der Waals surface area contributed by atoms with E-state index in [0.29, 0.717) is 10.7 Å². The van der Waals surface area contributed by atoms with Crippen molar-refractivity contribution >= 4 is 44.2 Å². The van der Waals surface area contributed by atoms with E-state index >= 15 is 0 Å². The third-order valence-electron chi connectivity index (χ3n) is 4.96. The summed E-state index contributed by atoms with van der Waals surface area (Å²) in [6.45, 7) is 0. The van der Waals surface area contributed by atoms with Gasteiger partial charge in [0.1, 0.15) is 10.7 Å². The summed E-state index contributed by atoms with van der Waals surface area (Å²) in [5.74, 6) is -0.0811. The quantitative estimate of drug-likeness (QED) is 0.399. The van der Waals surface area contributed by atoms with E-state index in [1.165, 1.54) is 38.0 Å². The Morgan fingerprint density at radius 1 is 0.879 bits per heavy atom. The lowest BCUT2D eigenvalue weighted by Gasteiger charge is -2.12. The molecule has 9 heteroatoms. The number of carbonyl (C=O) groups excluding carboxylic acids is 1. The lowest BCUT2D eigenvalue weighted by Crippen LogP contribution is -2.22. The number of nitrogens with zero attached hydrogens (tertiary/aromatic N) is 3. The van der Waals surface area contributed by atoms with Gasteiger partial charge in [0, 0.05) is 36.1 Å². The lowest BCUT2D eigenvalue weighted by atomic mass is 10.1. The monoisotopic (exact) mass is 478 g/mol. The molecule has 0 saturated heterocycles. The van der Waals surface area contributed by atoms with Gasteiger partial charge >= 0.3 is 0 Å². The molecule has 0 aliphatic heterocycles. The fourth-order valence-corrected chi connectivity index (χ4v) is 4.92. The molecule has 1 N–H and O–H groups in total. The van der Waals surface area contributed by atoms with Crippen LogP contribution in [0.15, 0.2) is 88.8 Å². The van der Waals surface area contributed by atoms with E-state index in [4.69, 9.17) is 0 Å². The number of rotatable bonds is 7. The Morgan fingerprint density at radius 2 is 1.52 bits per heavy atom. The van der Waals surface area contributed by atoms with Crippen LogP contribution in [-0.4, -0.2) is 48.7 Å². The molecule has 0 aliphatic rings. The number of sulfonamides is 1. The van der Waals surface area contributed by atoms with E-state index in [1.54, 1.807) is 12.1 Å². The molecule has 4 rings (SSSR count). The van der Waals surface area contributed by atoms with Gasteiger partial charge in [0.2, 0.25) is 15.9 Å². The molecule has 1 aromatic heterocycles. The van der Waals surface area contributed by atoms with Gasteiger partial charge < -0.3 is 5.32 Å². The van der Waals surface area contributed by atoms with Crippen molar-refractivity contribution in [3.05, 3.63) is 78.9 Å². The number of nitrogens with one attached hydrogen (secondary N) is 1. The van der Waals surface area contributed by atoms with Gasteiger partial charge in [-0.3, -0.25) is 4.79 Å². The number of carbonyl (C=O) groups is 1. The van der Waals surface area contributed by atoms with Gasteiger partial charge in [-0.25, -0.2) is 12.7 Å². The molecule has 3 aromatic carbocycles. The van der Waals surface area contributed by atoms with Crippen LogP contribution in [-0.2, 0) is 14.8 Å². The summed E-state index contributed by atoms with van der Waals surface area (Å²) in [7, 11) is -0.565. The van der Waals surface area contributed by atoms with Crippen LogP contribution in [0.4, 0.5) is 5.69 Å². The third-order valence-corrected chi connectivity index (χ3v) is 7.77. The molecule has 0 unspecified atom stereocenters. The van der Waals surface area contributed by atoms with Crippen LogP contribution in [0.3, 0.4) is 0 Å². The molecule has 1 heterocycles. The molecule has 168 valence electrons. The maximum Gasteiger partial charge on any atom is 0.242 e. The van der Waals surface area contributed by atoms with Crippen LogP contribution >= 0.6 is 11.8 Å². The maximum absolute atomic E-state index is 12.5. The summed E-state index contributed by atoms with van der Waals surface area (Å²) < 4.78 is 25.5. The number of hydrogen-bond donors (Lipinski definition) is 1. The molecule has 4 aromatic rings. The Hall–Kier alpha value is -3.27. The topological polar surface area (TPSA) is 92.3 Å². The summed E-state index contributed by atoms with van der Waals surface area (Å²) in [6, 6.07) is 23.8. The SMILES string of the molecule is CN(C)S(=O)(=O)c1ccc(NC(=O)CSc2nnc(-c3ccccc3)c3ccccc23)cc1. The van der Waals surface area contributed by atoms with Crippen LogP contribution in [0.2, 0.25) is 0 Å². The maximum atomic E-state index is 12.5. The van der Waals surface area contributed by atoms with Gasteiger partial charge in [0.15, 0.2) is 0 Å².